The van der Waals surface area contributed by atoms with E-state index in [0.717, 1.165) is 37.7 Å². The maximum Gasteiger partial charge on any atom is 0.286 e. The van der Waals surface area contributed by atoms with Crippen LogP contribution in [0, 0.1) is 0 Å². The number of benzene rings is 1. The minimum absolute atomic E-state index is 0.134. The lowest BCUT2D eigenvalue weighted by Crippen LogP contribution is -2.23. The summed E-state index contributed by atoms with van der Waals surface area (Å²) in [5.74, 6) is 1.45. The van der Waals surface area contributed by atoms with Crippen LogP contribution in [0.1, 0.15) is 132 Å². The van der Waals surface area contributed by atoms with E-state index in [2.05, 4.69) is 41.1 Å². The van der Waals surface area contributed by atoms with Crippen LogP contribution in [0.4, 0.5) is 0 Å². The topological polar surface area (TPSA) is 60.1 Å². The van der Waals surface area contributed by atoms with Gasteiger partial charge in [-0.1, -0.05) is 109 Å². The second kappa shape index (κ2) is 18.7. The number of para-hydroxylation sites is 2. The molecule has 0 aliphatic heterocycles. The first-order valence-corrected chi connectivity index (χ1v) is 15.6. The van der Waals surface area contributed by atoms with Crippen LogP contribution in [-0.2, 0) is 13.0 Å². The lowest BCUT2D eigenvalue weighted by molar-refractivity contribution is 0.0925. The number of carbonyl (C=O) groups excluding carboxylic acids is 1. The molecule has 0 radical (unpaired) electrons. The van der Waals surface area contributed by atoms with Gasteiger partial charge in [-0.25, -0.2) is 4.98 Å². The van der Waals surface area contributed by atoms with E-state index < -0.39 is 0 Å². The lowest BCUT2D eigenvalue weighted by Gasteiger charge is -2.10. The van der Waals surface area contributed by atoms with E-state index in [9.17, 15) is 4.79 Å². The number of fused-ring (bicyclic) bond motifs is 1. The van der Waals surface area contributed by atoms with Crippen LogP contribution in [0.15, 0.2) is 47.1 Å². The van der Waals surface area contributed by atoms with Crippen molar-refractivity contribution in [1.29, 1.82) is 0 Å². The number of imidazole rings is 1. The molecule has 38 heavy (non-hydrogen) atoms. The maximum absolute atomic E-state index is 12.0. The molecule has 3 aromatic rings. The van der Waals surface area contributed by atoms with Gasteiger partial charge in [0.05, 0.1) is 17.3 Å². The van der Waals surface area contributed by atoms with Crippen molar-refractivity contribution in [2.75, 3.05) is 6.54 Å². The molecule has 0 atom stereocenters. The van der Waals surface area contributed by atoms with Crippen molar-refractivity contribution in [3.8, 4) is 0 Å². The zero-order valence-electron chi connectivity index (χ0n) is 23.9. The highest BCUT2D eigenvalue weighted by atomic mass is 16.3. The third-order valence-electron chi connectivity index (χ3n) is 7.58. The summed E-state index contributed by atoms with van der Waals surface area (Å²) in [7, 11) is 0. The van der Waals surface area contributed by atoms with E-state index in [-0.39, 0.29) is 5.91 Å². The molecule has 2 heterocycles. The van der Waals surface area contributed by atoms with Gasteiger partial charge in [0, 0.05) is 19.5 Å². The molecular weight excluding hydrogens is 470 g/mol. The molecule has 0 saturated heterocycles. The number of furan rings is 1. The number of aryl methyl sites for hydroxylation is 2. The standard InChI is InChI=1S/C33H51N3O2/c1-2-3-4-5-6-7-8-9-10-11-12-13-14-20-27-36-30-23-18-17-22-29(30)35-32(36)25-16-15-19-26-34-33(37)31-24-21-28-38-31/h17-18,21-24,28H,2-16,19-20,25-27H2,1H3,(H,34,37). The van der Waals surface area contributed by atoms with Gasteiger partial charge >= 0.3 is 0 Å². The summed E-state index contributed by atoms with van der Waals surface area (Å²) in [4.78, 5) is 16.9. The van der Waals surface area contributed by atoms with Crippen molar-refractivity contribution in [1.82, 2.24) is 14.9 Å². The molecule has 5 heteroatoms. The molecule has 1 N–H and O–H groups in total. The quantitative estimate of drug-likeness (QED) is 0.134. The Kier molecular flexibility index (Phi) is 14.7. The Hall–Kier alpha value is -2.56. The molecule has 3 rings (SSSR count). The smallest absolute Gasteiger partial charge is 0.286 e. The largest absolute Gasteiger partial charge is 0.459 e. The number of hydrogen-bond acceptors (Lipinski definition) is 3. The fraction of sp³-hybridized carbons (Fsp3) is 0.636. The molecule has 0 spiro atoms. The molecule has 2 aromatic heterocycles. The molecule has 0 aliphatic carbocycles. The number of nitrogens with one attached hydrogen (secondary N) is 1. The average Bonchev–Trinajstić information content (AvgIpc) is 3.59. The summed E-state index contributed by atoms with van der Waals surface area (Å²) in [6.45, 7) is 4.03. The van der Waals surface area contributed by atoms with Crippen molar-refractivity contribution in [2.45, 2.75) is 129 Å². The first kappa shape index (κ1) is 30.0. The number of carbonyl (C=O) groups is 1. The number of aromatic nitrogens is 2. The fourth-order valence-electron chi connectivity index (χ4n) is 5.31. The van der Waals surface area contributed by atoms with Crippen LogP contribution in [0.5, 0.6) is 0 Å². The van der Waals surface area contributed by atoms with Gasteiger partial charge < -0.3 is 14.3 Å². The highest BCUT2D eigenvalue weighted by molar-refractivity contribution is 5.91. The minimum atomic E-state index is -0.134. The average molecular weight is 522 g/mol. The summed E-state index contributed by atoms with van der Waals surface area (Å²) in [6.07, 6.45) is 25.1. The molecule has 0 bridgehead atoms. The summed E-state index contributed by atoms with van der Waals surface area (Å²) in [5.41, 5.74) is 2.38. The molecule has 1 aromatic carbocycles. The van der Waals surface area contributed by atoms with Gasteiger partial charge in [-0.15, -0.1) is 0 Å². The van der Waals surface area contributed by atoms with E-state index in [0.29, 0.717) is 12.3 Å². The van der Waals surface area contributed by atoms with Crippen molar-refractivity contribution < 1.29 is 9.21 Å². The first-order valence-electron chi connectivity index (χ1n) is 15.6. The Morgan fingerprint density at radius 2 is 1.39 bits per heavy atom. The van der Waals surface area contributed by atoms with Crippen LogP contribution in [0.25, 0.3) is 11.0 Å². The summed E-state index contributed by atoms with van der Waals surface area (Å²) in [5, 5.41) is 2.93. The molecule has 5 nitrogen and oxygen atoms in total. The van der Waals surface area contributed by atoms with Gasteiger partial charge in [-0.3, -0.25) is 4.79 Å². The molecule has 1 amide bonds. The molecule has 0 saturated carbocycles. The zero-order valence-corrected chi connectivity index (χ0v) is 23.9. The number of nitrogens with zero attached hydrogens (tertiary/aromatic N) is 2. The lowest BCUT2D eigenvalue weighted by atomic mass is 10.0. The van der Waals surface area contributed by atoms with Crippen molar-refractivity contribution in [2.24, 2.45) is 0 Å². The third-order valence-corrected chi connectivity index (χ3v) is 7.58. The van der Waals surface area contributed by atoms with Crippen LogP contribution >= 0.6 is 0 Å². The summed E-state index contributed by atoms with van der Waals surface area (Å²) in [6, 6.07) is 12.0. The number of unbranched alkanes of at least 4 members (excludes halogenated alkanes) is 15. The van der Waals surface area contributed by atoms with Gasteiger partial charge in [0.25, 0.3) is 5.91 Å². The Morgan fingerprint density at radius 3 is 2.05 bits per heavy atom. The van der Waals surface area contributed by atoms with Gasteiger partial charge in [0.1, 0.15) is 5.82 Å². The van der Waals surface area contributed by atoms with E-state index in [4.69, 9.17) is 9.40 Å². The van der Waals surface area contributed by atoms with Crippen LogP contribution in [-0.4, -0.2) is 22.0 Å². The maximum atomic E-state index is 12.0. The van der Waals surface area contributed by atoms with Gasteiger partial charge in [0.15, 0.2) is 5.76 Å². The Morgan fingerprint density at radius 1 is 0.763 bits per heavy atom. The second-order valence-corrected chi connectivity index (χ2v) is 10.8. The number of amides is 1. The normalized spacial score (nSPS) is 11.4. The highest BCUT2D eigenvalue weighted by Crippen LogP contribution is 2.20. The molecule has 0 unspecified atom stereocenters. The van der Waals surface area contributed by atoms with Crippen molar-refractivity contribution >= 4 is 16.9 Å². The number of hydrogen-bond donors (Lipinski definition) is 1. The van der Waals surface area contributed by atoms with E-state index >= 15 is 0 Å². The Bertz CT molecular complexity index is 1010. The summed E-state index contributed by atoms with van der Waals surface area (Å²) >= 11 is 0. The predicted molar refractivity (Wildman–Crippen MR) is 159 cm³/mol. The van der Waals surface area contributed by atoms with Crippen LogP contribution < -0.4 is 5.32 Å². The predicted octanol–water partition coefficient (Wildman–Crippen LogP) is 9.25. The fourth-order valence-corrected chi connectivity index (χ4v) is 5.31. The minimum Gasteiger partial charge on any atom is -0.459 e. The van der Waals surface area contributed by atoms with Crippen LogP contribution in [0.3, 0.4) is 0 Å². The van der Waals surface area contributed by atoms with Gasteiger partial charge in [0.2, 0.25) is 0 Å². The Balaban J connectivity index is 1.27. The second-order valence-electron chi connectivity index (χ2n) is 10.8. The van der Waals surface area contributed by atoms with Crippen LogP contribution in [0.2, 0.25) is 0 Å². The van der Waals surface area contributed by atoms with Gasteiger partial charge in [-0.2, -0.15) is 0 Å². The SMILES string of the molecule is CCCCCCCCCCCCCCCCn1c(CCCCCNC(=O)c2ccco2)nc2ccccc21. The van der Waals surface area contributed by atoms with E-state index in [1.165, 1.54) is 107 Å². The van der Waals surface area contributed by atoms with Gasteiger partial charge in [-0.05, 0) is 43.5 Å². The van der Waals surface area contributed by atoms with E-state index in [1.807, 2.05) is 0 Å². The van der Waals surface area contributed by atoms with Crippen molar-refractivity contribution in [3.05, 3.63) is 54.2 Å². The third kappa shape index (κ3) is 11.0. The Labute approximate surface area is 230 Å². The molecule has 0 fully saturated rings. The van der Waals surface area contributed by atoms with Crippen molar-refractivity contribution in [3.63, 3.8) is 0 Å². The molecular formula is C33H51N3O2. The summed E-state index contributed by atoms with van der Waals surface area (Å²) < 4.78 is 7.59. The molecule has 0 aliphatic rings. The molecule has 210 valence electrons. The first-order chi connectivity index (χ1) is 18.8. The highest BCUT2D eigenvalue weighted by Gasteiger charge is 2.10. The zero-order chi connectivity index (χ0) is 26.7. The number of rotatable bonds is 22. The van der Waals surface area contributed by atoms with E-state index in [1.54, 1.807) is 12.1 Å². The monoisotopic (exact) mass is 521 g/mol.